The zero-order valence-electron chi connectivity index (χ0n) is 13.1. The topological polar surface area (TPSA) is 70.7 Å². The monoisotopic (exact) mass is 346 g/mol. The van der Waals surface area contributed by atoms with Gasteiger partial charge in [-0.05, 0) is 17.7 Å². The third-order valence-corrected chi connectivity index (χ3v) is 5.52. The second-order valence-corrected chi connectivity index (χ2v) is 6.97. The summed E-state index contributed by atoms with van der Waals surface area (Å²) in [5.41, 5.74) is 2.80. The van der Waals surface area contributed by atoms with Crippen LogP contribution in [0.3, 0.4) is 0 Å². The van der Waals surface area contributed by atoms with E-state index in [9.17, 15) is 4.79 Å². The van der Waals surface area contributed by atoms with Crippen LogP contribution in [0.25, 0.3) is 10.8 Å². The minimum absolute atomic E-state index is 0.00357. The number of aromatic nitrogens is 3. The van der Waals surface area contributed by atoms with E-state index >= 15 is 0 Å². The largest absolute Gasteiger partial charge is 0.377 e. The third-order valence-electron chi connectivity index (χ3n) is 4.66. The second kappa shape index (κ2) is 5.53. The molecule has 122 valence electrons. The van der Waals surface area contributed by atoms with Crippen LogP contribution >= 0.6 is 11.3 Å². The van der Waals surface area contributed by atoms with Crippen molar-refractivity contribution in [3.05, 3.63) is 86.7 Å². The zero-order valence-corrected chi connectivity index (χ0v) is 14.0. The molecule has 2 unspecified atom stereocenters. The maximum atomic E-state index is 12.2. The first-order valence-corrected chi connectivity index (χ1v) is 8.93. The Bertz CT molecular complexity index is 1110. The van der Waals surface area contributed by atoms with Gasteiger partial charge in [0.1, 0.15) is 5.01 Å². The second-order valence-electron chi connectivity index (χ2n) is 6.05. The summed E-state index contributed by atoms with van der Waals surface area (Å²) in [6.45, 7) is 0. The third kappa shape index (κ3) is 2.18. The number of nitrogens with one attached hydrogen (secondary N) is 2. The van der Waals surface area contributed by atoms with Gasteiger partial charge in [0.2, 0.25) is 0 Å². The van der Waals surface area contributed by atoms with Crippen LogP contribution in [0.15, 0.2) is 64.9 Å². The summed E-state index contributed by atoms with van der Waals surface area (Å²) >= 11 is 1.61. The molecule has 0 spiro atoms. The van der Waals surface area contributed by atoms with Crippen molar-refractivity contribution in [2.45, 2.75) is 12.0 Å². The Morgan fingerprint density at radius 3 is 2.72 bits per heavy atom. The molecular weight excluding hydrogens is 332 g/mol. The standard InChI is InChI=1S/C19H14N4OS/c24-18-12-7-4-8-13-14(12)17(22-23-18)15(19-20-9-10-25-19)16(21-13)11-5-2-1-3-6-11/h1-10,15-16,21H,(H,23,24). The van der Waals surface area contributed by atoms with Gasteiger partial charge >= 0.3 is 0 Å². The lowest BCUT2D eigenvalue weighted by Gasteiger charge is -2.33. The van der Waals surface area contributed by atoms with Crippen molar-refractivity contribution in [1.82, 2.24) is 15.2 Å². The van der Waals surface area contributed by atoms with E-state index in [1.54, 1.807) is 11.3 Å². The first kappa shape index (κ1) is 14.4. The predicted molar refractivity (Wildman–Crippen MR) is 99.1 cm³/mol. The van der Waals surface area contributed by atoms with Crippen molar-refractivity contribution >= 4 is 27.8 Å². The first-order valence-electron chi connectivity index (χ1n) is 8.05. The molecular formula is C19H14N4OS. The molecule has 0 fully saturated rings. The normalized spacial score (nSPS) is 18.9. The molecule has 0 saturated carbocycles. The van der Waals surface area contributed by atoms with Crippen molar-refractivity contribution < 1.29 is 0 Å². The fourth-order valence-electron chi connectivity index (χ4n) is 3.58. The molecule has 0 aliphatic carbocycles. The number of hydrogen-bond acceptors (Lipinski definition) is 5. The van der Waals surface area contributed by atoms with E-state index < -0.39 is 0 Å². The lowest BCUT2D eigenvalue weighted by molar-refractivity contribution is 0.635. The summed E-state index contributed by atoms with van der Waals surface area (Å²) in [4.78, 5) is 16.8. The summed E-state index contributed by atoms with van der Waals surface area (Å²) in [5.74, 6) is -0.0587. The van der Waals surface area contributed by atoms with Crippen LogP contribution in [0.1, 0.15) is 28.2 Å². The van der Waals surface area contributed by atoms with Crippen molar-refractivity contribution in [3.63, 3.8) is 0 Å². The van der Waals surface area contributed by atoms with Crippen LogP contribution in [0.5, 0.6) is 0 Å². The van der Waals surface area contributed by atoms with Crippen LogP contribution in [0.2, 0.25) is 0 Å². The maximum absolute atomic E-state index is 12.2. The van der Waals surface area contributed by atoms with E-state index in [-0.39, 0.29) is 17.5 Å². The van der Waals surface area contributed by atoms with E-state index in [4.69, 9.17) is 0 Å². The molecule has 2 aromatic heterocycles. The van der Waals surface area contributed by atoms with Crippen LogP contribution < -0.4 is 10.9 Å². The highest BCUT2D eigenvalue weighted by molar-refractivity contribution is 7.09. The number of anilines is 1. The average molecular weight is 346 g/mol. The summed E-state index contributed by atoms with van der Waals surface area (Å²) in [6.07, 6.45) is 1.81. The number of hydrogen-bond donors (Lipinski definition) is 2. The molecule has 0 amide bonds. The van der Waals surface area contributed by atoms with Crippen molar-refractivity contribution in [1.29, 1.82) is 0 Å². The summed E-state index contributed by atoms with van der Waals surface area (Å²) in [6, 6.07) is 16.0. The number of thiazole rings is 1. The van der Waals surface area contributed by atoms with E-state index in [2.05, 4.69) is 32.6 Å². The quantitative estimate of drug-likeness (QED) is 0.581. The molecule has 2 N–H and O–H groups in total. The Hall–Kier alpha value is -2.99. The molecule has 4 aromatic rings. The van der Waals surface area contributed by atoms with Crippen LogP contribution in [-0.4, -0.2) is 15.2 Å². The van der Waals surface area contributed by atoms with Crippen LogP contribution in [-0.2, 0) is 0 Å². The zero-order chi connectivity index (χ0) is 16.8. The minimum Gasteiger partial charge on any atom is -0.377 e. The van der Waals surface area contributed by atoms with E-state index in [1.807, 2.05) is 48.0 Å². The van der Waals surface area contributed by atoms with Gasteiger partial charge in [-0.15, -0.1) is 11.3 Å². The van der Waals surface area contributed by atoms with E-state index in [1.165, 1.54) is 5.56 Å². The molecule has 6 heteroatoms. The minimum atomic E-state index is -0.168. The molecule has 1 aliphatic rings. The maximum Gasteiger partial charge on any atom is 0.272 e. The first-order chi connectivity index (χ1) is 12.3. The van der Waals surface area contributed by atoms with Crippen molar-refractivity contribution in [2.75, 3.05) is 5.32 Å². The van der Waals surface area contributed by atoms with Gasteiger partial charge < -0.3 is 5.32 Å². The fraction of sp³-hybridized carbons (Fsp3) is 0.105. The van der Waals surface area contributed by atoms with E-state index in [0.29, 0.717) is 5.39 Å². The molecule has 0 bridgehead atoms. The van der Waals surface area contributed by atoms with Gasteiger partial charge in [0.05, 0.1) is 23.0 Å². The predicted octanol–water partition coefficient (Wildman–Crippen LogP) is 3.68. The molecule has 2 atom stereocenters. The highest BCUT2D eigenvalue weighted by atomic mass is 32.1. The Morgan fingerprint density at radius 2 is 1.92 bits per heavy atom. The molecule has 0 saturated heterocycles. The molecule has 5 rings (SSSR count). The van der Waals surface area contributed by atoms with Crippen molar-refractivity contribution in [2.24, 2.45) is 0 Å². The molecule has 25 heavy (non-hydrogen) atoms. The van der Waals surface area contributed by atoms with Crippen LogP contribution in [0, 0.1) is 0 Å². The van der Waals surface area contributed by atoms with Gasteiger partial charge in [0.25, 0.3) is 5.56 Å². The van der Waals surface area contributed by atoms with Crippen LogP contribution in [0.4, 0.5) is 5.69 Å². The molecule has 2 aromatic carbocycles. The number of aromatic amines is 1. The van der Waals surface area contributed by atoms with Gasteiger partial charge in [0, 0.05) is 22.7 Å². The SMILES string of the molecule is O=c1[nH]nc2c3c(cccc13)NC(c1ccccc1)C2c1nccs1. The van der Waals surface area contributed by atoms with Gasteiger partial charge in [0.15, 0.2) is 0 Å². The van der Waals surface area contributed by atoms with Crippen molar-refractivity contribution in [3.8, 4) is 0 Å². The Kier molecular flexibility index (Phi) is 3.18. The smallest absolute Gasteiger partial charge is 0.272 e. The fourth-order valence-corrected chi connectivity index (χ4v) is 4.36. The van der Waals surface area contributed by atoms with E-state index in [0.717, 1.165) is 21.8 Å². The van der Waals surface area contributed by atoms with Gasteiger partial charge in [-0.2, -0.15) is 5.10 Å². The molecule has 0 radical (unpaired) electrons. The summed E-state index contributed by atoms with van der Waals surface area (Å²) in [7, 11) is 0. The highest BCUT2D eigenvalue weighted by Crippen LogP contribution is 2.46. The number of H-pyrrole nitrogens is 1. The molecule has 3 heterocycles. The Labute approximate surface area is 147 Å². The number of rotatable bonds is 2. The Morgan fingerprint density at radius 1 is 1.04 bits per heavy atom. The summed E-state index contributed by atoms with van der Waals surface area (Å²) < 4.78 is 0. The lowest BCUT2D eigenvalue weighted by atomic mass is 9.84. The van der Waals surface area contributed by atoms with Gasteiger partial charge in [-0.1, -0.05) is 36.4 Å². The number of nitrogens with zero attached hydrogens (tertiary/aromatic N) is 2. The van der Waals surface area contributed by atoms with Gasteiger partial charge in [-0.3, -0.25) is 4.79 Å². The number of benzene rings is 2. The molecule has 5 nitrogen and oxygen atoms in total. The lowest BCUT2D eigenvalue weighted by Crippen LogP contribution is -2.28. The Balaban J connectivity index is 1.82. The highest BCUT2D eigenvalue weighted by Gasteiger charge is 2.36. The van der Waals surface area contributed by atoms with Gasteiger partial charge in [-0.25, -0.2) is 10.1 Å². The summed E-state index contributed by atoms with van der Waals surface area (Å²) in [5, 5.41) is 15.2. The average Bonchev–Trinajstić information content (AvgIpc) is 3.19. The molecule has 1 aliphatic heterocycles.